The van der Waals surface area contributed by atoms with Gasteiger partial charge in [0.2, 0.25) is 0 Å². The van der Waals surface area contributed by atoms with Gasteiger partial charge in [0.1, 0.15) is 5.69 Å². The molecule has 1 atom stereocenters. The van der Waals surface area contributed by atoms with E-state index in [4.69, 9.17) is 0 Å². The first-order valence-electron chi connectivity index (χ1n) is 8.20. The third-order valence-electron chi connectivity index (χ3n) is 4.35. The van der Waals surface area contributed by atoms with Crippen LogP contribution in [0.5, 0.6) is 0 Å². The van der Waals surface area contributed by atoms with Gasteiger partial charge in [-0.3, -0.25) is 4.99 Å². The minimum absolute atomic E-state index is 0.274. The molecule has 24 heavy (non-hydrogen) atoms. The molecule has 1 unspecified atom stereocenters. The van der Waals surface area contributed by atoms with Crippen LogP contribution >= 0.6 is 0 Å². The zero-order valence-electron chi connectivity index (χ0n) is 13.5. The molecule has 3 rings (SSSR count). The first-order chi connectivity index (χ1) is 11.5. The van der Waals surface area contributed by atoms with Crippen LogP contribution < -0.4 is 10.6 Å². The molecule has 0 fully saturated rings. The summed E-state index contributed by atoms with van der Waals surface area (Å²) < 4.78 is 39.8. The quantitative estimate of drug-likeness (QED) is 0.800. The van der Waals surface area contributed by atoms with E-state index in [1.807, 2.05) is 0 Å². The van der Waals surface area contributed by atoms with Crippen molar-refractivity contribution >= 4 is 16.9 Å². The van der Waals surface area contributed by atoms with Gasteiger partial charge in [0.05, 0.1) is 0 Å². The largest absolute Gasteiger partial charge is 0.431 e. The summed E-state index contributed by atoms with van der Waals surface area (Å²) in [5.74, 6) is 0.682. The fourth-order valence-electron chi connectivity index (χ4n) is 3.06. The highest BCUT2D eigenvalue weighted by atomic mass is 19.4. The van der Waals surface area contributed by atoms with Crippen LogP contribution in [-0.2, 0) is 12.6 Å². The molecule has 0 radical (unpaired) electrons. The van der Waals surface area contributed by atoms with Gasteiger partial charge in [-0.1, -0.05) is 25.1 Å². The van der Waals surface area contributed by atoms with E-state index in [0.29, 0.717) is 35.0 Å². The molecule has 3 N–H and O–H groups in total. The van der Waals surface area contributed by atoms with Crippen LogP contribution in [0, 0.1) is 0 Å². The number of hydrogen-bond acceptors (Lipinski definition) is 3. The Hall–Kier alpha value is -2.18. The summed E-state index contributed by atoms with van der Waals surface area (Å²) in [6.45, 7) is 3.24. The second kappa shape index (κ2) is 6.75. The van der Waals surface area contributed by atoms with Gasteiger partial charge in [-0.25, -0.2) is 0 Å². The number of guanidine groups is 1. The highest BCUT2D eigenvalue weighted by molar-refractivity contribution is 5.85. The van der Waals surface area contributed by atoms with Crippen molar-refractivity contribution in [3.8, 4) is 0 Å². The number of H-pyrrole nitrogens is 1. The monoisotopic (exact) mass is 338 g/mol. The standard InChI is InChI=1S/C17H21F3N4/c1-2-11-7-9-21-16(23-11)22-10-8-13-12-5-3-4-6-14(12)24-15(13)17(18,19)20/h3-6,11,24H,2,7-10H2,1H3,(H2,21,22,23). The van der Waals surface area contributed by atoms with Crippen molar-refractivity contribution in [3.05, 3.63) is 35.5 Å². The van der Waals surface area contributed by atoms with Gasteiger partial charge in [-0.05, 0) is 30.9 Å². The molecule has 1 aromatic carbocycles. The summed E-state index contributed by atoms with van der Waals surface area (Å²) in [5, 5.41) is 7.02. The number of para-hydroxylation sites is 1. The van der Waals surface area contributed by atoms with E-state index in [1.165, 1.54) is 0 Å². The normalized spacial score (nSPS) is 18.3. The van der Waals surface area contributed by atoms with Crippen molar-refractivity contribution in [3.63, 3.8) is 0 Å². The third-order valence-corrected chi connectivity index (χ3v) is 4.35. The van der Waals surface area contributed by atoms with E-state index in [9.17, 15) is 13.2 Å². The molecule has 1 aliphatic heterocycles. The maximum absolute atomic E-state index is 13.3. The van der Waals surface area contributed by atoms with Crippen LogP contribution in [-0.4, -0.2) is 30.1 Å². The Kier molecular flexibility index (Phi) is 4.69. The van der Waals surface area contributed by atoms with Crippen LogP contribution in [0.4, 0.5) is 13.2 Å². The molecule has 2 heterocycles. The number of rotatable bonds is 4. The number of hydrogen-bond donors (Lipinski definition) is 3. The highest BCUT2D eigenvalue weighted by Crippen LogP contribution is 2.35. The van der Waals surface area contributed by atoms with E-state index in [1.54, 1.807) is 24.3 Å². The number of aromatic nitrogens is 1. The number of nitrogens with zero attached hydrogens (tertiary/aromatic N) is 1. The van der Waals surface area contributed by atoms with Crippen LogP contribution in [0.3, 0.4) is 0 Å². The third kappa shape index (κ3) is 3.49. The molecule has 0 amide bonds. The molecule has 0 saturated heterocycles. The van der Waals surface area contributed by atoms with E-state index in [0.717, 1.165) is 19.4 Å². The van der Waals surface area contributed by atoms with E-state index < -0.39 is 11.9 Å². The zero-order valence-corrected chi connectivity index (χ0v) is 13.5. The molecule has 0 spiro atoms. The number of nitrogens with one attached hydrogen (secondary N) is 3. The molecule has 0 aliphatic carbocycles. The van der Waals surface area contributed by atoms with Crippen molar-refractivity contribution < 1.29 is 13.2 Å². The second-order valence-electron chi connectivity index (χ2n) is 5.97. The second-order valence-corrected chi connectivity index (χ2v) is 5.97. The minimum atomic E-state index is -4.39. The lowest BCUT2D eigenvalue weighted by Gasteiger charge is -2.24. The zero-order chi connectivity index (χ0) is 17.2. The fraction of sp³-hybridized carbons (Fsp3) is 0.471. The predicted molar refractivity (Wildman–Crippen MR) is 89.1 cm³/mol. The van der Waals surface area contributed by atoms with Crippen LogP contribution in [0.1, 0.15) is 31.0 Å². The summed E-state index contributed by atoms with van der Waals surface area (Å²) in [5.41, 5.74) is 0.156. The molecular formula is C17H21F3N4. The fourth-order valence-corrected chi connectivity index (χ4v) is 3.06. The maximum Gasteiger partial charge on any atom is 0.431 e. The molecule has 0 bridgehead atoms. The maximum atomic E-state index is 13.3. The summed E-state index contributed by atoms with van der Waals surface area (Å²) in [6, 6.07) is 7.25. The highest BCUT2D eigenvalue weighted by Gasteiger charge is 2.36. The Morgan fingerprint density at radius 3 is 2.83 bits per heavy atom. The average molecular weight is 338 g/mol. The van der Waals surface area contributed by atoms with Gasteiger partial charge in [0.25, 0.3) is 0 Å². The number of alkyl halides is 3. The van der Waals surface area contributed by atoms with E-state index in [-0.39, 0.29) is 6.42 Å². The van der Waals surface area contributed by atoms with Gasteiger partial charge in [-0.15, -0.1) is 0 Å². The number of halogens is 3. The van der Waals surface area contributed by atoms with Crippen LogP contribution in [0.2, 0.25) is 0 Å². The van der Waals surface area contributed by atoms with E-state index >= 15 is 0 Å². The van der Waals surface area contributed by atoms with Crippen molar-refractivity contribution in [2.75, 3.05) is 13.1 Å². The lowest BCUT2D eigenvalue weighted by atomic mass is 10.1. The SMILES string of the molecule is CCC1CCN=C(NCCc2c(C(F)(F)F)[nH]c3ccccc23)N1. The predicted octanol–water partition coefficient (Wildman–Crippen LogP) is 3.45. The lowest BCUT2D eigenvalue weighted by Crippen LogP contribution is -2.46. The van der Waals surface area contributed by atoms with Gasteiger partial charge in [-0.2, -0.15) is 13.2 Å². The summed E-state index contributed by atoms with van der Waals surface area (Å²) in [4.78, 5) is 6.85. The molecule has 130 valence electrons. The lowest BCUT2D eigenvalue weighted by molar-refractivity contribution is -0.141. The Labute approximate surface area is 138 Å². The Bertz CT molecular complexity index is 733. The van der Waals surface area contributed by atoms with Gasteiger partial charge in [0.15, 0.2) is 5.96 Å². The van der Waals surface area contributed by atoms with Crippen molar-refractivity contribution in [2.24, 2.45) is 4.99 Å². The van der Waals surface area contributed by atoms with Crippen LogP contribution in [0.15, 0.2) is 29.3 Å². The number of benzene rings is 1. The molecule has 4 nitrogen and oxygen atoms in total. The summed E-state index contributed by atoms with van der Waals surface area (Å²) >= 11 is 0. The van der Waals surface area contributed by atoms with Crippen LogP contribution in [0.25, 0.3) is 10.9 Å². The minimum Gasteiger partial charge on any atom is -0.356 e. The molecule has 7 heteroatoms. The summed E-state index contributed by atoms with van der Waals surface area (Å²) in [6.07, 6.45) is -2.12. The molecule has 1 aromatic heterocycles. The Balaban J connectivity index is 1.74. The Morgan fingerprint density at radius 1 is 1.29 bits per heavy atom. The first kappa shape index (κ1) is 16.7. The van der Waals surface area contributed by atoms with Gasteiger partial charge in [0, 0.05) is 30.0 Å². The molecular weight excluding hydrogens is 317 g/mol. The average Bonchev–Trinajstić information content (AvgIpc) is 2.94. The van der Waals surface area contributed by atoms with Crippen molar-refractivity contribution in [1.29, 1.82) is 0 Å². The first-order valence-corrected chi connectivity index (χ1v) is 8.20. The smallest absolute Gasteiger partial charge is 0.356 e. The Morgan fingerprint density at radius 2 is 2.08 bits per heavy atom. The molecule has 2 aromatic rings. The summed E-state index contributed by atoms with van der Waals surface area (Å²) in [7, 11) is 0. The van der Waals surface area contributed by atoms with Gasteiger partial charge >= 0.3 is 6.18 Å². The molecule has 1 aliphatic rings. The molecule has 0 saturated carbocycles. The topological polar surface area (TPSA) is 52.2 Å². The number of aliphatic imine (C=N–C) groups is 1. The number of aromatic amines is 1. The van der Waals surface area contributed by atoms with Crippen molar-refractivity contribution in [1.82, 2.24) is 15.6 Å². The van der Waals surface area contributed by atoms with Crippen molar-refractivity contribution in [2.45, 2.75) is 38.4 Å². The number of fused-ring (bicyclic) bond motifs is 1. The van der Waals surface area contributed by atoms with Gasteiger partial charge < -0.3 is 15.6 Å². The van der Waals surface area contributed by atoms with E-state index in [2.05, 4.69) is 27.5 Å².